The van der Waals surface area contributed by atoms with E-state index in [-0.39, 0.29) is 27.6 Å². The van der Waals surface area contributed by atoms with Crippen molar-refractivity contribution in [1.29, 1.82) is 0 Å². The first-order chi connectivity index (χ1) is 10.4. The summed E-state index contributed by atoms with van der Waals surface area (Å²) >= 11 is 11.6. The van der Waals surface area contributed by atoms with Crippen molar-refractivity contribution in [3.8, 4) is 0 Å². The van der Waals surface area contributed by atoms with Gasteiger partial charge in [0.2, 0.25) is 0 Å². The summed E-state index contributed by atoms with van der Waals surface area (Å²) in [6, 6.07) is 8.10. The van der Waals surface area contributed by atoms with Crippen LogP contribution >= 0.6 is 23.2 Å². The zero-order chi connectivity index (χ0) is 16.3. The fourth-order valence-electron chi connectivity index (χ4n) is 1.74. The second-order valence-electron chi connectivity index (χ2n) is 4.73. The second kappa shape index (κ2) is 6.77. The topological polar surface area (TPSA) is 62.3 Å². The molecule has 0 saturated carbocycles. The molecule has 0 spiro atoms. The molecule has 1 aromatic carbocycles. The van der Waals surface area contributed by atoms with Gasteiger partial charge in [0, 0.05) is 31.5 Å². The predicted octanol–water partition coefficient (Wildman–Crippen LogP) is 3.34. The molecule has 5 nitrogen and oxygen atoms in total. The Morgan fingerprint density at radius 1 is 1.14 bits per heavy atom. The van der Waals surface area contributed by atoms with Gasteiger partial charge < -0.3 is 10.2 Å². The maximum Gasteiger partial charge on any atom is 0.257 e. The van der Waals surface area contributed by atoms with Crippen LogP contribution < -0.4 is 5.32 Å². The number of hydrogen-bond acceptors (Lipinski definition) is 3. The summed E-state index contributed by atoms with van der Waals surface area (Å²) in [7, 11) is 3.32. The molecule has 2 rings (SSSR count). The monoisotopic (exact) mass is 337 g/mol. The number of nitrogens with zero attached hydrogens (tertiary/aromatic N) is 2. The van der Waals surface area contributed by atoms with Gasteiger partial charge >= 0.3 is 0 Å². The minimum atomic E-state index is -0.388. The maximum absolute atomic E-state index is 12.1. The van der Waals surface area contributed by atoms with Crippen molar-refractivity contribution >= 4 is 40.7 Å². The lowest BCUT2D eigenvalue weighted by atomic mass is 10.1. The molecule has 0 aliphatic carbocycles. The second-order valence-corrected chi connectivity index (χ2v) is 5.50. The van der Waals surface area contributed by atoms with Gasteiger partial charge in [-0.05, 0) is 24.3 Å². The van der Waals surface area contributed by atoms with Crippen molar-refractivity contribution in [3.05, 3.63) is 57.8 Å². The number of amides is 2. The molecule has 2 amide bonds. The number of pyridine rings is 1. The van der Waals surface area contributed by atoms with Crippen LogP contribution in [0.3, 0.4) is 0 Å². The molecule has 1 N–H and O–H groups in total. The van der Waals surface area contributed by atoms with Crippen LogP contribution in [0.1, 0.15) is 20.7 Å². The third-order valence-corrected chi connectivity index (χ3v) is 3.52. The molecule has 0 unspecified atom stereocenters. The fraction of sp³-hybridized carbons (Fsp3) is 0.133. The highest BCUT2D eigenvalue weighted by molar-refractivity contribution is 6.41. The standard InChI is InChI=1S/C15H13Cl2N3O2/c1-20(2)15(22)9-4-3-5-11(6-9)19-14(21)10-7-12(16)13(17)18-8-10/h3-8H,1-2H3,(H,19,21). The molecule has 7 heteroatoms. The Morgan fingerprint density at radius 2 is 1.86 bits per heavy atom. The summed E-state index contributed by atoms with van der Waals surface area (Å²) in [6.07, 6.45) is 1.33. The Hall–Kier alpha value is -2.11. The van der Waals surface area contributed by atoms with Crippen LogP contribution in [0.4, 0.5) is 5.69 Å². The zero-order valence-electron chi connectivity index (χ0n) is 11.9. The van der Waals surface area contributed by atoms with Gasteiger partial charge in [0.1, 0.15) is 5.15 Å². The van der Waals surface area contributed by atoms with Crippen LogP contribution in [0.2, 0.25) is 10.2 Å². The van der Waals surface area contributed by atoms with Crippen LogP contribution in [0, 0.1) is 0 Å². The molecule has 0 radical (unpaired) electrons. The SMILES string of the molecule is CN(C)C(=O)c1cccc(NC(=O)c2cnc(Cl)c(Cl)c2)c1. The average molecular weight is 338 g/mol. The van der Waals surface area contributed by atoms with Crippen molar-refractivity contribution < 1.29 is 9.59 Å². The predicted molar refractivity (Wildman–Crippen MR) is 86.7 cm³/mol. The van der Waals surface area contributed by atoms with E-state index in [4.69, 9.17) is 23.2 Å². The molecule has 0 aliphatic rings. The smallest absolute Gasteiger partial charge is 0.257 e. The molecule has 0 bridgehead atoms. The minimum absolute atomic E-state index is 0.136. The number of carbonyl (C=O) groups excluding carboxylic acids is 2. The molecule has 0 aliphatic heterocycles. The van der Waals surface area contributed by atoms with Crippen molar-refractivity contribution in [2.75, 3.05) is 19.4 Å². The molecule has 1 heterocycles. The van der Waals surface area contributed by atoms with E-state index >= 15 is 0 Å². The molecule has 22 heavy (non-hydrogen) atoms. The van der Waals surface area contributed by atoms with Gasteiger partial charge in [-0.3, -0.25) is 9.59 Å². The molecule has 114 valence electrons. The van der Waals surface area contributed by atoms with Crippen molar-refractivity contribution in [3.63, 3.8) is 0 Å². The number of aromatic nitrogens is 1. The number of hydrogen-bond donors (Lipinski definition) is 1. The molecule has 2 aromatic rings. The summed E-state index contributed by atoms with van der Waals surface area (Å²) in [6.45, 7) is 0. The minimum Gasteiger partial charge on any atom is -0.345 e. The first-order valence-corrected chi connectivity index (χ1v) is 7.08. The normalized spacial score (nSPS) is 10.2. The fourth-order valence-corrected chi connectivity index (χ4v) is 2.01. The average Bonchev–Trinajstić information content (AvgIpc) is 2.49. The van der Waals surface area contributed by atoms with E-state index in [1.807, 2.05) is 0 Å². The van der Waals surface area contributed by atoms with Gasteiger partial charge in [0.25, 0.3) is 11.8 Å². The van der Waals surface area contributed by atoms with Crippen LogP contribution in [-0.4, -0.2) is 35.8 Å². The van der Waals surface area contributed by atoms with Gasteiger partial charge in [-0.25, -0.2) is 4.98 Å². The summed E-state index contributed by atoms with van der Waals surface area (Å²) in [5, 5.41) is 3.02. The third-order valence-electron chi connectivity index (χ3n) is 2.83. The van der Waals surface area contributed by atoms with Crippen molar-refractivity contribution in [2.45, 2.75) is 0 Å². The number of carbonyl (C=O) groups is 2. The quantitative estimate of drug-likeness (QED) is 0.873. The molecule has 0 atom stereocenters. The van der Waals surface area contributed by atoms with E-state index in [1.54, 1.807) is 38.4 Å². The summed E-state index contributed by atoms with van der Waals surface area (Å²) in [4.78, 5) is 29.3. The number of benzene rings is 1. The van der Waals surface area contributed by atoms with Crippen molar-refractivity contribution in [2.24, 2.45) is 0 Å². The molecule has 1 aromatic heterocycles. The summed E-state index contributed by atoms with van der Waals surface area (Å²) in [5.41, 5.74) is 1.26. The van der Waals surface area contributed by atoms with Crippen LogP contribution in [0.25, 0.3) is 0 Å². The lowest BCUT2D eigenvalue weighted by molar-refractivity contribution is 0.0827. The first-order valence-electron chi connectivity index (χ1n) is 6.32. The Balaban J connectivity index is 2.19. The van der Waals surface area contributed by atoms with Gasteiger partial charge in [-0.1, -0.05) is 29.3 Å². The van der Waals surface area contributed by atoms with E-state index in [2.05, 4.69) is 10.3 Å². The zero-order valence-corrected chi connectivity index (χ0v) is 13.4. The van der Waals surface area contributed by atoms with E-state index in [9.17, 15) is 9.59 Å². The van der Waals surface area contributed by atoms with Gasteiger partial charge in [0.15, 0.2) is 0 Å². The highest BCUT2D eigenvalue weighted by Gasteiger charge is 2.12. The number of anilines is 1. The van der Waals surface area contributed by atoms with E-state index < -0.39 is 0 Å². The third kappa shape index (κ3) is 3.75. The Labute approximate surface area is 137 Å². The van der Waals surface area contributed by atoms with Gasteiger partial charge in [-0.2, -0.15) is 0 Å². The van der Waals surface area contributed by atoms with E-state index in [0.29, 0.717) is 11.3 Å². The molecule has 0 fully saturated rings. The summed E-state index contributed by atoms with van der Waals surface area (Å²) < 4.78 is 0. The molecular weight excluding hydrogens is 325 g/mol. The molecule has 0 saturated heterocycles. The number of nitrogens with one attached hydrogen (secondary N) is 1. The lowest BCUT2D eigenvalue weighted by Crippen LogP contribution is -2.22. The Morgan fingerprint density at radius 3 is 2.50 bits per heavy atom. The number of rotatable bonds is 3. The maximum atomic E-state index is 12.1. The van der Waals surface area contributed by atoms with Crippen LogP contribution in [0.15, 0.2) is 36.5 Å². The van der Waals surface area contributed by atoms with Crippen LogP contribution in [-0.2, 0) is 0 Å². The van der Waals surface area contributed by atoms with Crippen LogP contribution in [0.5, 0.6) is 0 Å². The number of halogens is 2. The summed E-state index contributed by atoms with van der Waals surface area (Å²) in [5.74, 6) is -0.534. The van der Waals surface area contributed by atoms with Crippen molar-refractivity contribution in [1.82, 2.24) is 9.88 Å². The largest absolute Gasteiger partial charge is 0.345 e. The van der Waals surface area contributed by atoms with E-state index in [1.165, 1.54) is 17.2 Å². The van der Waals surface area contributed by atoms with Gasteiger partial charge in [-0.15, -0.1) is 0 Å². The van der Waals surface area contributed by atoms with E-state index in [0.717, 1.165) is 0 Å². The first kappa shape index (κ1) is 16.3. The Kier molecular flexibility index (Phi) is 5.00. The molecular formula is C15H13Cl2N3O2. The highest BCUT2D eigenvalue weighted by Crippen LogP contribution is 2.20. The highest BCUT2D eigenvalue weighted by atomic mass is 35.5. The Bertz CT molecular complexity index is 732. The lowest BCUT2D eigenvalue weighted by Gasteiger charge is -2.11. The van der Waals surface area contributed by atoms with Gasteiger partial charge in [0.05, 0.1) is 10.6 Å².